The van der Waals surface area contributed by atoms with Crippen LogP contribution in [0, 0.1) is 0 Å². The molecular formula is C12H12N2O. The van der Waals surface area contributed by atoms with Crippen LogP contribution in [-0.4, -0.2) is 10.1 Å². The molecule has 0 aliphatic heterocycles. The molecule has 2 rings (SSSR count). The zero-order chi connectivity index (χ0) is 10.7. The van der Waals surface area contributed by atoms with E-state index in [-0.39, 0.29) is 0 Å². The zero-order valence-electron chi connectivity index (χ0n) is 8.17. The number of nitrogens with zero attached hydrogens (tertiary/aromatic N) is 1. The SMILES string of the molecule is Nc1ccc(C(O)c2ccccn2)cc1. The van der Waals surface area contributed by atoms with Crippen molar-refractivity contribution in [1.29, 1.82) is 0 Å². The first-order valence-corrected chi connectivity index (χ1v) is 4.72. The van der Waals surface area contributed by atoms with Gasteiger partial charge >= 0.3 is 0 Å². The van der Waals surface area contributed by atoms with E-state index in [0.29, 0.717) is 11.4 Å². The van der Waals surface area contributed by atoms with Crippen LogP contribution in [0.2, 0.25) is 0 Å². The quantitative estimate of drug-likeness (QED) is 0.726. The van der Waals surface area contributed by atoms with E-state index in [0.717, 1.165) is 5.56 Å². The summed E-state index contributed by atoms with van der Waals surface area (Å²) in [5.74, 6) is 0. The molecule has 1 aromatic carbocycles. The molecular weight excluding hydrogens is 188 g/mol. The Balaban J connectivity index is 2.29. The molecule has 15 heavy (non-hydrogen) atoms. The van der Waals surface area contributed by atoms with Crippen LogP contribution in [-0.2, 0) is 0 Å². The first-order valence-electron chi connectivity index (χ1n) is 4.72. The van der Waals surface area contributed by atoms with Gasteiger partial charge in [-0.15, -0.1) is 0 Å². The lowest BCUT2D eigenvalue weighted by Crippen LogP contribution is -2.01. The predicted octanol–water partition coefficient (Wildman–Crippen LogP) is 1.75. The highest BCUT2D eigenvalue weighted by Gasteiger charge is 2.10. The summed E-state index contributed by atoms with van der Waals surface area (Å²) in [5, 5.41) is 9.98. The Morgan fingerprint density at radius 3 is 2.40 bits per heavy atom. The number of anilines is 1. The lowest BCUT2D eigenvalue weighted by atomic mass is 10.1. The van der Waals surface area contributed by atoms with E-state index in [1.54, 1.807) is 36.5 Å². The van der Waals surface area contributed by atoms with Gasteiger partial charge in [0.15, 0.2) is 0 Å². The van der Waals surface area contributed by atoms with Crippen LogP contribution in [0.1, 0.15) is 17.4 Å². The van der Waals surface area contributed by atoms with E-state index in [4.69, 9.17) is 5.73 Å². The van der Waals surface area contributed by atoms with Crippen molar-refractivity contribution in [3.63, 3.8) is 0 Å². The monoisotopic (exact) mass is 200 g/mol. The summed E-state index contributed by atoms with van der Waals surface area (Å²) in [6.07, 6.45) is 0.974. The Morgan fingerprint density at radius 1 is 1.07 bits per heavy atom. The summed E-state index contributed by atoms with van der Waals surface area (Å²) in [6.45, 7) is 0. The topological polar surface area (TPSA) is 59.1 Å². The second-order valence-electron chi connectivity index (χ2n) is 3.32. The fourth-order valence-corrected chi connectivity index (χ4v) is 1.39. The van der Waals surface area contributed by atoms with Crippen LogP contribution in [0.4, 0.5) is 5.69 Å². The third kappa shape index (κ3) is 2.14. The van der Waals surface area contributed by atoms with Gasteiger partial charge < -0.3 is 10.8 Å². The van der Waals surface area contributed by atoms with E-state index in [1.807, 2.05) is 12.1 Å². The van der Waals surface area contributed by atoms with E-state index in [9.17, 15) is 5.11 Å². The highest BCUT2D eigenvalue weighted by molar-refractivity contribution is 5.41. The molecule has 2 aromatic rings. The number of benzene rings is 1. The molecule has 1 heterocycles. The van der Waals surface area contributed by atoms with Gasteiger partial charge in [0, 0.05) is 11.9 Å². The van der Waals surface area contributed by atoms with Crippen molar-refractivity contribution in [2.24, 2.45) is 0 Å². The molecule has 1 atom stereocenters. The van der Waals surface area contributed by atoms with Gasteiger partial charge in [0.2, 0.25) is 0 Å². The molecule has 0 aliphatic rings. The second kappa shape index (κ2) is 4.11. The van der Waals surface area contributed by atoms with Crippen LogP contribution < -0.4 is 5.73 Å². The number of hydrogen-bond donors (Lipinski definition) is 2. The largest absolute Gasteiger partial charge is 0.399 e. The molecule has 0 saturated carbocycles. The van der Waals surface area contributed by atoms with Crippen molar-refractivity contribution in [3.8, 4) is 0 Å². The number of nitrogens with two attached hydrogens (primary N) is 1. The number of aliphatic hydroxyl groups is 1. The Labute approximate surface area is 88.2 Å². The number of nitrogen functional groups attached to an aromatic ring is 1. The Hall–Kier alpha value is -1.87. The van der Waals surface area contributed by atoms with Crippen LogP contribution in [0.25, 0.3) is 0 Å². The van der Waals surface area contributed by atoms with E-state index < -0.39 is 6.10 Å². The normalized spacial score (nSPS) is 12.3. The fraction of sp³-hybridized carbons (Fsp3) is 0.0833. The summed E-state index contributed by atoms with van der Waals surface area (Å²) in [5.41, 5.74) is 7.69. The minimum atomic E-state index is -0.688. The average molecular weight is 200 g/mol. The Bertz CT molecular complexity index is 425. The van der Waals surface area contributed by atoms with Crippen molar-refractivity contribution < 1.29 is 5.11 Å². The first kappa shape index (κ1) is 9.68. The molecule has 76 valence electrons. The standard InChI is InChI=1S/C12H12N2O/c13-10-6-4-9(5-7-10)12(15)11-3-1-2-8-14-11/h1-8,12,15H,13H2. The third-order valence-corrected chi connectivity index (χ3v) is 2.22. The van der Waals surface area contributed by atoms with Gasteiger partial charge in [0.1, 0.15) is 6.10 Å². The maximum Gasteiger partial charge on any atom is 0.121 e. The molecule has 0 spiro atoms. The Kier molecular flexibility index (Phi) is 2.65. The van der Waals surface area contributed by atoms with E-state index in [2.05, 4.69) is 4.98 Å². The zero-order valence-corrected chi connectivity index (χ0v) is 8.17. The molecule has 0 amide bonds. The third-order valence-electron chi connectivity index (χ3n) is 2.22. The molecule has 3 nitrogen and oxygen atoms in total. The fourth-order valence-electron chi connectivity index (χ4n) is 1.39. The van der Waals surface area contributed by atoms with Crippen molar-refractivity contribution in [2.45, 2.75) is 6.10 Å². The molecule has 0 fully saturated rings. The van der Waals surface area contributed by atoms with E-state index >= 15 is 0 Å². The molecule has 1 unspecified atom stereocenters. The number of aliphatic hydroxyl groups excluding tert-OH is 1. The number of pyridine rings is 1. The predicted molar refractivity (Wildman–Crippen MR) is 59.2 cm³/mol. The minimum Gasteiger partial charge on any atom is -0.399 e. The molecule has 1 aromatic heterocycles. The van der Waals surface area contributed by atoms with Crippen molar-refractivity contribution in [1.82, 2.24) is 4.98 Å². The summed E-state index contributed by atoms with van der Waals surface area (Å²) in [4.78, 5) is 4.10. The summed E-state index contributed by atoms with van der Waals surface area (Å²) in [7, 11) is 0. The molecule has 3 N–H and O–H groups in total. The van der Waals surface area contributed by atoms with Crippen molar-refractivity contribution >= 4 is 5.69 Å². The number of aromatic nitrogens is 1. The van der Waals surface area contributed by atoms with Gasteiger partial charge in [0.05, 0.1) is 5.69 Å². The summed E-state index contributed by atoms with van der Waals surface area (Å²) in [6, 6.07) is 12.6. The maximum absolute atomic E-state index is 9.98. The molecule has 0 radical (unpaired) electrons. The number of rotatable bonds is 2. The van der Waals surface area contributed by atoms with Crippen LogP contribution >= 0.6 is 0 Å². The molecule has 0 aliphatic carbocycles. The smallest absolute Gasteiger partial charge is 0.121 e. The highest BCUT2D eigenvalue weighted by atomic mass is 16.3. The Morgan fingerprint density at radius 2 is 1.80 bits per heavy atom. The second-order valence-corrected chi connectivity index (χ2v) is 3.32. The van der Waals surface area contributed by atoms with E-state index in [1.165, 1.54) is 0 Å². The van der Waals surface area contributed by atoms with Gasteiger partial charge in [-0.25, -0.2) is 0 Å². The van der Waals surface area contributed by atoms with Crippen LogP contribution in [0.15, 0.2) is 48.7 Å². The van der Waals surface area contributed by atoms with Crippen molar-refractivity contribution in [2.75, 3.05) is 5.73 Å². The van der Waals surface area contributed by atoms with Gasteiger partial charge in [-0.05, 0) is 29.8 Å². The first-order chi connectivity index (χ1) is 7.27. The van der Waals surface area contributed by atoms with Gasteiger partial charge in [0.25, 0.3) is 0 Å². The van der Waals surface area contributed by atoms with Crippen LogP contribution in [0.5, 0.6) is 0 Å². The molecule has 3 heteroatoms. The average Bonchev–Trinajstić information content (AvgIpc) is 2.30. The van der Waals surface area contributed by atoms with Gasteiger partial charge in [-0.3, -0.25) is 4.98 Å². The minimum absolute atomic E-state index is 0.641. The highest BCUT2D eigenvalue weighted by Crippen LogP contribution is 2.20. The van der Waals surface area contributed by atoms with Gasteiger partial charge in [-0.1, -0.05) is 18.2 Å². The number of hydrogen-bond acceptors (Lipinski definition) is 3. The molecule has 0 bridgehead atoms. The lowest BCUT2D eigenvalue weighted by molar-refractivity contribution is 0.215. The van der Waals surface area contributed by atoms with Crippen molar-refractivity contribution in [3.05, 3.63) is 59.9 Å². The molecule has 0 saturated heterocycles. The summed E-state index contributed by atoms with van der Waals surface area (Å²) < 4.78 is 0. The summed E-state index contributed by atoms with van der Waals surface area (Å²) >= 11 is 0. The maximum atomic E-state index is 9.98. The lowest BCUT2D eigenvalue weighted by Gasteiger charge is -2.10. The van der Waals surface area contributed by atoms with Gasteiger partial charge in [-0.2, -0.15) is 0 Å². The van der Waals surface area contributed by atoms with Crippen LogP contribution in [0.3, 0.4) is 0 Å².